The van der Waals surface area contributed by atoms with Gasteiger partial charge in [-0.2, -0.15) is 5.26 Å². The van der Waals surface area contributed by atoms with Crippen molar-refractivity contribution in [3.63, 3.8) is 0 Å². The Hall–Kier alpha value is -4.29. The van der Waals surface area contributed by atoms with E-state index in [0.29, 0.717) is 44.4 Å². The number of benzene rings is 3. The first-order valence-electron chi connectivity index (χ1n) is 13.2. The Balaban J connectivity index is 1.32. The molecule has 6 rings (SSSR count). The molecule has 2 aliphatic rings. The minimum absolute atomic E-state index is 0.246. The van der Waals surface area contributed by atoms with Gasteiger partial charge in [0.2, 0.25) is 0 Å². The average Bonchev–Trinajstić information content (AvgIpc) is 3.45. The molecule has 204 valence electrons. The lowest BCUT2D eigenvalue weighted by Gasteiger charge is -2.36. The highest BCUT2D eigenvalue weighted by Crippen LogP contribution is 2.41. The van der Waals surface area contributed by atoms with Crippen LogP contribution in [0.5, 0.6) is 0 Å². The van der Waals surface area contributed by atoms with Gasteiger partial charge in [-0.25, -0.2) is 4.90 Å². The molecule has 7 nitrogen and oxygen atoms in total. The number of hydrogen-bond acceptors (Lipinski definition) is 7. The number of imide groups is 1. The largest absolute Gasteiger partial charge is 0.369 e. The van der Waals surface area contributed by atoms with Gasteiger partial charge in [-0.1, -0.05) is 23.7 Å². The lowest BCUT2D eigenvalue weighted by atomic mass is 9.99. The van der Waals surface area contributed by atoms with Crippen LogP contribution in [0.25, 0.3) is 0 Å². The van der Waals surface area contributed by atoms with Crippen LogP contribution in [-0.4, -0.2) is 48.7 Å². The second-order valence-electron chi connectivity index (χ2n) is 10.1. The van der Waals surface area contributed by atoms with Crippen molar-refractivity contribution < 1.29 is 14.4 Å². The molecule has 0 atom stereocenters. The van der Waals surface area contributed by atoms with Crippen molar-refractivity contribution in [2.75, 3.05) is 36.0 Å². The van der Waals surface area contributed by atoms with E-state index in [9.17, 15) is 14.4 Å². The first kappa shape index (κ1) is 26.9. The standard InChI is InChI=1S/C32H25ClN4O3S/c1-20-27(19-35-14-16-36(17-15-35)24-12-6-21(18-34)7-13-24)28(29(38)22-8-10-23(33)11-9-22)32(41-20)37-30(39)25-4-2-3-5-26(25)31(37)40/h2-13H,14-17,19H2,1H3. The Labute approximate surface area is 246 Å². The third-order valence-corrected chi connectivity index (χ3v) is 9.02. The van der Waals surface area contributed by atoms with E-state index < -0.39 is 11.8 Å². The van der Waals surface area contributed by atoms with Gasteiger partial charge in [0.15, 0.2) is 5.78 Å². The number of fused-ring (bicyclic) bond motifs is 1. The van der Waals surface area contributed by atoms with Crippen molar-refractivity contribution in [3.05, 3.63) is 116 Å². The summed E-state index contributed by atoms with van der Waals surface area (Å²) < 4.78 is 0. The number of carbonyl (C=O) groups excluding carboxylic acids is 3. The molecule has 0 saturated carbocycles. The molecule has 1 fully saturated rings. The predicted molar refractivity (Wildman–Crippen MR) is 160 cm³/mol. The Morgan fingerprint density at radius 2 is 1.51 bits per heavy atom. The SMILES string of the molecule is Cc1sc(N2C(=O)c3ccccc3C2=O)c(C(=O)c2ccc(Cl)cc2)c1CN1CCN(c2ccc(C#N)cc2)CC1. The number of thiophene rings is 1. The van der Waals surface area contributed by atoms with E-state index in [4.69, 9.17) is 16.9 Å². The van der Waals surface area contributed by atoms with Crippen LogP contribution in [0.3, 0.4) is 0 Å². The van der Waals surface area contributed by atoms with Crippen molar-refractivity contribution in [1.29, 1.82) is 5.26 Å². The summed E-state index contributed by atoms with van der Waals surface area (Å²) in [6, 6.07) is 23.2. The summed E-state index contributed by atoms with van der Waals surface area (Å²) in [4.78, 5) is 47.5. The van der Waals surface area contributed by atoms with Crippen LogP contribution in [0.2, 0.25) is 5.02 Å². The third kappa shape index (κ3) is 4.93. The summed E-state index contributed by atoms with van der Waals surface area (Å²) in [7, 11) is 0. The van der Waals surface area contributed by atoms with Gasteiger partial charge >= 0.3 is 0 Å². The highest BCUT2D eigenvalue weighted by molar-refractivity contribution is 7.17. The molecule has 2 aliphatic heterocycles. The maximum absolute atomic E-state index is 14.1. The molecular weight excluding hydrogens is 556 g/mol. The molecule has 0 radical (unpaired) electrons. The Morgan fingerprint density at radius 3 is 2.10 bits per heavy atom. The summed E-state index contributed by atoms with van der Waals surface area (Å²) in [6.07, 6.45) is 0. The number of nitriles is 1. The number of hydrogen-bond donors (Lipinski definition) is 0. The highest BCUT2D eigenvalue weighted by atomic mass is 35.5. The summed E-state index contributed by atoms with van der Waals surface area (Å²) in [6.45, 7) is 5.58. The molecular formula is C32H25ClN4O3S. The van der Waals surface area contributed by atoms with Crippen molar-refractivity contribution in [2.24, 2.45) is 0 Å². The summed E-state index contributed by atoms with van der Waals surface area (Å²) in [5, 5.41) is 9.97. The van der Waals surface area contributed by atoms with E-state index in [0.717, 1.165) is 47.2 Å². The number of ketones is 1. The minimum Gasteiger partial charge on any atom is -0.369 e. The number of piperazine rings is 1. The van der Waals surface area contributed by atoms with E-state index >= 15 is 0 Å². The third-order valence-electron chi connectivity index (χ3n) is 7.64. The number of anilines is 2. The van der Waals surface area contributed by atoms with Gasteiger partial charge in [-0.3, -0.25) is 19.3 Å². The lowest BCUT2D eigenvalue weighted by molar-refractivity contribution is 0.0927. The second-order valence-corrected chi connectivity index (χ2v) is 11.7. The van der Waals surface area contributed by atoms with E-state index in [-0.39, 0.29) is 5.78 Å². The van der Waals surface area contributed by atoms with Gasteiger partial charge in [0.25, 0.3) is 11.8 Å². The quantitative estimate of drug-likeness (QED) is 0.207. The molecule has 1 aromatic heterocycles. The predicted octanol–water partition coefficient (Wildman–Crippen LogP) is 5.94. The lowest BCUT2D eigenvalue weighted by Crippen LogP contribution is -2.46. The number of carbonyl (C=O) groups is 3. The van der Waals surface area contributed by atoms with E-state index in [1.165, 1.54) is 11.3 Å². The fraction of sp³-hybridized carbons (Fsp3) is 0.188. The van der Waals surface area contributed by atoms with Crippen molar-refractivity contribution in [1.82, 2.24) is 4.90 Å². The van der Waals surface area contributed by atoms with Crippen molar-refractivity contribution in [2.45, 2.75) is 13.5 Å². The van der Waals surface area contributed by atoms with Crippen LogP contribution in [0.15, 0.2) is 72.8 Å². The molecule has 0 spiro atoms. The average molecular weight is 581 g/mol. The Bertz CT molecular complexity index is 1680. The van der Waals surface area contributed by atoms with Gasteiger partial charge in [0, 0.05) is 53.9 Å². The molecule has 2 amide bonds. The Morgan fingerprint density at radius 1 is 0.902 bits per heavy atom. The van der Waals surface area contributed by atoms with Gasteiger partial charge in [-0.15, -0.1) is 11.3 Å². The van der Waals surface area contributed by atoms with E-state index in [1.54, 1.807) is 48.5 Å². The minimum atomic E-state index is -0.417. The number of amides is 2. The molecule has 0 unspecified atom stereocenters. The molecule has 41 heavy (non-hydrogen) atoms. The molecule has 3 aromatic carbocycles. The maximum atomic E-state index is 14.1. The van der Waals surface area contributed by atoms with Crippen LogP contribution < -0.4 is 9.80 Å². The van der Waals surface area contributed by atoms with Gasteiger partial charge in [-0.05, 0) is 73.2 Å². The van der Waals surface area contributed by atoms with Crippen LogP contribution in [-0.2, 0) is 6.54 Å². The zero-order valence-electron chi connectivity index (χ0n) is 22.3. The summed E-state index contributed by atoms with van der Waals surface area (Å²) in [5.41, 5.74) is 4.04. The second kappa shape index (κ2) is 10.9. The van der Waals surface area contributed by atoms with E-state index in [2.05, 4.69) is 15.9 Å². The molecule has 0 aliphatic carbocycles. The highest BCUT2D eigenvalue weighted by Gasteiger charge is 2.40. The van der Waals surface area contributed by atoms with Crippen LogP contribution in [0, 0.1) is 18.3 Å². The van der Waals surface area contributed by atoms with Gasteiger partial charge in [0.05, 0.1) is 28.3 Å². The Kier molecular flexibility index (Phi) is 7.18. The van der Waals surface area contributed by atoms with Gasteiger partial charge in [0.1, 0.15) is 5.00 Å². The number of aryl methyl sites for hydroxylation is 1. The molecule has 9 heteroatoms. The van der Waals surface area contributed by atoms with Crippen molar-refractivity contribution in [3.8, 4) is 6.07 Å². The molecule has 4 aromatic rings. The number of halogens is 1. The molecule has 3 heterocycles. The molecule has 0 bridgehead atoms. The van der Waals surface area contributed by atoms with Crippen LogP contribution >= 0.6 is 22.9 Å². The number of nitrogens with zero attached hydrogens (tertiary/aromatic N) is 4. The van der Waals surface area contributed by atoms with Crippen LogP contribution in [0.4, 0.5) is 10.7 Å². The zero-order chi connectivity index (χ0) is 28.7. The summed E-state index contributed by atoms with van der Waals surface area (Å²) >= 11 is 7.40. The monoisotopic (exact) mass is 580 g/mol. The summed E-state index contributed by atoms with van der Waals surface area (Å²) in [5.74, 6) is -1.08. The normalized spacial score (nSPS) is 15.2. The van der Waals surface area contributed by atoms with E-state index in [1.807, 2.05) is 31.2 Å². The molecule has 1 saturated heterocycles. The van der Waals surface area contributed by atoms with Crippen molar-refractivity contribution >= 4 is 51.2 Å². The topological polar surface area (TPSA) is 84.7 Å². The zero-order valence-corrected chi connectivity index (χ0v) is 23.8. The number of rotatable bonds is 6. The van der Waals surface area contributed by atoms with Crippen LogP contribution in [0.1, 0.15) is 52.6 Å². The molecule has 0 N–H and O–H groups in total. The fourth-order valence-corrected chi connectivity index (χ4v) is 6.68. The first-order chi connectivity index (χ1) is 19.9. The smallest absolute Gasteiger partial charge is 0.266 e. The fourth-order valence-electron chi connectivity index (χ4n) is 5.40. The maximum Gasteiger partial charge on any atom is 0.266 e. The van der Waals surface area contributed by atoms with Gasteiger partial charge < -0.3 is 4.90 Å². The first-order valence-corrected chi connectivity index (χ1v) is 14.4.